The average Bonchev–Trinajstić information content (AvgIpc) is 3.78. The maximum atomic E-state index is 14.2. The maximum absolute atomic E-state index is 14.2. The maximum Gasteiger partial charge on any atom is 0.410 e. The van der Waals surface area contributed by atoms with Crippen LogP contribution in [0.25, 0.3) is 0 Å². The van der Waals surface area contributed by atoms with Gasteiger partial charge in [0.25, 0.3) is 5.91 Å². The second kappa shape index (κ2) is 15.9. The summed E-state index contributed by atoms with van der Waals surface area (Å²) in [4.78, 5) is 63.5. The lowest BCUT2D eigenvalue weighted by atomic mass is 10.1. The average molecular weight is 671 g/mol. The van der Waals surface area contributed by atoms with Crippen LogP contribution in [0.1, 0.15) is 82.7 Å². The zero-order chi connectivity index (χ0) is 35.2. The van der Waals surface area contributed by atoms with Crippen molar-refractivity contribution in [2.75, 3.05) is 33.3 Å². The number of halogens is 1. The van der Waals surface area contributed by atoms with E-state index in [9.17, 15) is 23.6 Å². The number of rotatable bonds is 13. The number of aryl methyl sites for hydroxylation is 2. The van der Waals surface area contributed by atoms with Crippen molar-refractivity contribution in [3.05, 3.63) is 53.4 Å². The Morgan fingerprint density at radius 2 is 1.81 bits per heavy atom. The zero-order valence-corrected chi connectivity index (χ0v) is 29.3. The standard InChI is InChI=1S/C35H51FN6O6/c1-8-47-24(3)30(38-31(43)23(2)39(7)34(46)48-35(4,5)6)33(45)42-19-9-11-27(42)21-41(20-17-25-13-15-26(36)16-14-25)32(44)28-22-40-18-10-12-29(40)37-28/h13-16,22-24,27,30H,8-12,17-21H2,1-7H3,(H,38,43). The van der Waals surface area contributed by atoms with E-state index in [1.807, 2.05) is 11.5 Å². The Bertz CT molecular complexity index is 1420. The minimum Gasteiger partial charge on any atom is -0.444 e. The molecule has 1 N–H and O–H groups in total. The van der Waals surface area contributed by atoms with Crippen LogP contribution in [0.3, 0.4) is 0 Å². The molecule has 12 nitrogen and oxygen atoms in total. The predicted octanol–water partition coefficient (Wildman–Crippen LogP) is 3.81. The van der Waals surface area contributed by atoms with Crippen LogP contribution in [-0.4, -0.2) is 111 Å². The topological polar surface area (TPSA) is 126 Å². The first-order valence-corrected chi connectivity index (χ1v) is 17.0. The molecule has 0 radical (unpaired) electrons. The minimum absolute atomic E-state index is 0.218. The quantitative estimate of drug-likeness (QED) is 0.344. The van der Waals surface area contributed by atoms with E-state index in [1.54, 1.807) is 62.7 Å². The van der Waals surface area contributed by atoms with Gasteiger partial charge in [-0.1, -0.05) is 12.1 Å². The second-order valence-electron chi connectivity index (χ2n) is 13.7. The summed E-state index contributed by atoms with van der Waals surface area (Å²) in [5.41, 5.74) is 0.526. The van der Waals surface area contributed by atoms with E-state index in [0.717, 1.165) is 37.2 Å². The summed E-state index contributed by atoms with van der Waals surface area (Å²) in [5, 5.41) is 2.84. The molecule has 1 aromatic carbocycles. The highest BCUT2D eigenvalue weighted by Crippen LogP contribution is 2.23. The summed E-state index contributed by atoms with van der Waals surface area (Å²) in [6.45, 7) is 12.6. The number of likely N-dealkylation sites (N-methyl/N-ethyl adjacent to an activating group) is 1. The largest absolute Gasteiger partial charge is 0.444 e. The van der Waals surface area contributed by atoms with E-state index in [1.165, 1.54) is 24.1 Å². The van der Waals surface area contributed by atoms with E-state index in [-0.39, 0.29) is 30.2 Å². The second-order valence-corrected chi connectivity index (χ2v) is 13.7. The van der Waals surface area contributed by atoms with Gasteiger partial charge in [0.05, 0.1) is 6.10 Å². The van der Waals surface area contributed by atoms with E-state index in [0.29, 0.717) is 38.2 Å². The van der Waals surface area contributed by atoms with E-state index in [2.05, 4.69) is 10.3 Å². The Kier molecular flexibility index (Phi) is 12.2. The van der Waals surface area contributed by atoms with E-state index in [4.69, 9.17) is 9.47 Å². The van der Waals surface area contributed by atoms with Gasteiger partial charge in [-0.25, -0.2) is 14.2 Å². The van der Waals surface area contributed by atoms with Crippen molar-refractivity contribution in [3.8, 4) is 0 Å². The van der Waals surface area contributed by atoms with Crippen LogP contribution in [0.2, 0.25) is 0 Å². The lowest BCUT2D eigenvalue weighted by Gasteiger charge is -2.35. The molecule has 264 valence electrons. The first-order valence-electron chi connectivity index (χ1n) is 17.0. The SMILES string of the molecule is CCOC(C)C(NC(=O)C(C)N(C)C(=O)OC(C)(C)C)C(=O)N1CCCC1CN(CCc1ccc(F)cc1)C(=O)c1cn2c(n1)CCC2. The Hall–Kier alpha value is -4.00. The van der Waals surface area contributed by atoms with E-state index < -0.39 is 35.8 Å². The fraction of sp³-hybridized carbons (Fsp3) is 0.629. The van der Waals surface area contributed by atoms with Crippen LogP contribution < -0.4 is 5.32 Å². The van der Waals surface area contributed by atoms with Crippen molar-refractivity contribution < 1.29 is 33.0 Å². The van der Waals surface area contributed by atoms with Crippen molar-refractivity contribution in [1.29, 1.82) is 0 Å². The van der Waals surface area contributed by atoms with Crippen LogP contribution in [0.15, 0.2) is 30.5 Å². The number of imidazole rings is 1. The number of nitrogens with zero attached hydrogens (tertiary/aromatic N) is 5. The van der Waals surface area contributed by atoms with Gasteiger partial charge in [-0.05, 0) is 84.9 Å². The Balaban J connectivity index is 1.51. The van der Waals surface area contributed by atoms with Crippen LogP contribution in [0.4, 0.5) is 9.18 Å². The van der Waals surface area contributed by atoms with Crippen LogP contribution >= 0.6 is 0 Å². The van der Waals surface area contributed by atoms with Gasteiger partial charge in [0.1, 0.15) is 35.0 Å². The van der Waals surface area contributed by atoms with Crippen molar-refractivity contribution in [3.63, 3.8) is 0 Å². The lowest BCUT2D eigenvalue weighted by molar-refractivity contribution is -0.142. The first kappa shape index (κ1) is 36.8. The summed E-state index contributed by atoms with van der Waals surface area (Å²) in [5.74, 6) is -0.485. The summed E-state index contributed by atoms with van der Waals surface area (Å²) in [6.07, 6.45) is 4.23. The summed E-state index contributed by atoms with van der Waals surface area (Å²) in [6, 6.07) is 3.97. The zero-order valence-electron chi connectivity index (χ0n) is 29.3. The smallest absolute Gasteiger partial charge is 0.410 e. The number of amides is 4. The molecule has 0 spiro atoms. The van der Waals surface area contributed by atoms with Crippen LogP contribution in [0, 0.1) is 5.82 Å². The van der Waals surface area contributed by atoms with Crippen molar-refractivity contribution in [2.45, 2.75) is 110 Å². The number of hydrogen-bond donors (Lipinski definition) is 1. The molecule has 4 rings (SSSR count). The van der Waals surface area contributed by atoms with Crippen molar-refractivity contribution in [2.24, 2.45) is 0 Å². The number of fused-ring (bicyclic) bond motifs is 1. The number of hydrogen-bond acceptors (Lipinski definition) is 7. The van der Waals surface area contributed by atoms with E-state index >= 15 is 0 Å². The Morgan fingerprint density at radius 3 is 2.46 bits per heavy atom. The number of benzene rings is 1. The van der Waals surface area contributed by atoms with Gasteiger partial charge in [0.2, 0.25) is 11.8 Å². The molecule has 1 saturated heterocycles. The fourth-order valence-corrected chi connectivity index (χ4v) is 6.14. The van der Waals surface area contributed by atoms with Gasteiger partial charge < -0.3 is 29.2 Å². The molecule has 2 aliphatic heterocycles. The number of ether oxygens (including phenoxy) is 2. The molecule has 4 atom stereocenters. The molecule has 4 amide bonds. The highest BCUT2D eigenvalue weighted by Gasteiger charge is 2.39. The van der Waals surface area contributed by atoms with Gasteiger partial charge in [-0.15, -0.1) is 0 Å². The molecular weight excluding hydrogens is 619 g/mol. The fourth-order valence-electron chi connectivity index (χ4n) is 6.14. The van der Waals surface area contributed by atoms with Crippen molar-refractivity contribution >= 4 is 23.8 Å². The molecule has 3 heterocycles. The monoisotopic (exact) mass is 670 g/mol. The molecular formula is C35H51FN6O6. The van der Waals surface area contributed by atoms with Crippen molar-refractivity contribution in [1.82, 2.24) is 29.6 Å². The van der Waals surface area contributed by atoms with Crippen LogP contribution in [0.5, 0.6) is 0 Å². The molecule has 13 heteroatoms. The Morgan fingerprint density at radius 1 is 1.10 bits per heavy atom. The number of carbonyl (C=O) groups is 4. The molecule has 0 aliphatic carbocycles. The predicted molar refractivity (Wildman–Crippen MR) is 178 cm³/mol. The number of nitrogens with one attached hydrogen (secondary N) is 1. The third-order valence-corrected chi connectivity index (χ3v) is 8.94. The highest BCUT2D eigenvalue weighted by atomic mass is 19.1. The molecule has 48 heavy (non-hydrogen) atoms. The summed E-state index contributed by atoms with van der Waals surface area (Å²) < 4.78 is 26.8. The highest BCUT2D eigenvalue weighted by molar-refractivity contribution is 5.93. The number of aromatic nitrogens is 2. The normalized spacial score (nSPS) is 17.8. The molecule has 0 bridgehead atoms. The van der Waals surface area contributed by atoms with Gasteiger partial charge in [-0.3, -0.25) is 19.3 Å². The number of carbonyl (C=O) groups excluding carboxylic acids is 4. The first-order chi connectivity index (χ1) is 22.7. The van der Waals surface area contributed by atoms with Gasteiger partial charge in [0, 0.05) is 58.5 Å². The number of likely N-dealkylation sites (tertiary alicyclic amines) is 1. The third kappa shape index (κ3) is 9.33. The summed E-state index contributed by atoms with van der Waals surface area (Å²) >= 11 is 0. The molecule has 2 aromatic rings. The van der Waals surface area contributed by atoms with Gasteiger partial charge in [-0.2, -0.15) is 0 Å². The van der Waals surface area contributed by atoms with Gasteiger partial charge in [0.15, 0.2) is 0 Å². The lowest BCUT2D eigenvalue weighted by Crippen LogP contribution is -2.59. The Labute approximate surface area is 282 Å². The minimum atomic E-state index is -1.02. The summed E-state index contributed by atoms with van der Waals surface area (Å²) in [7, 11) is 1.48. The molecule has 1 aromatic heterocycles. The van der Waals surface area contributed by atoms with Crippen LogP contribution in [-0.2, 0) is 38.4 Å². The molecule has 1 fully saturated rings. The molecule has 4 unspecified atom stereocenters. The molecule has 2 aliphatic rings. The third-order valence-electron chi connectivity index (χ3n) is 8.94. The van der Waals surface area contributed by atoms with Gasteiger partial charge >= 0.3 is 6.09 Å². The molecule has 0 saturated carbocycles.